The molecule has 2 unspecified atom stereocenters. The number of urea groups is 1. The van der Waals surface area contributed by atoms with Crippen molar-refractivity contribution in [2.75, 3.05) is 13.1 Å². The molecule has 0 radical (unpaired) electrons. The van der Waals surface area contributed by atoms with Crippen LogP contribution in [0.2, 0.25) is 0 Å². The van der Waals surface area contributed by atoms with Crippen molar-refractivity contribution >= 4 is 12.0 Å². The first kappa shape index (κ1) is 12.8. The van der Waals surface area contributed by atoms with E-state index in [9.17, 15) is 9.59 Å². The first-order valence-electron chi connectivity index (χ1n) is 5.50. The third-order valence-corrected chi connectivity index (χ3v) is 2.70. The van der Waals surface area contributed by atoms with Crippen LogP contribution in [-0.2, 0) is 4.79 Å². The summed E-state index contributed by atoms with van der Waals surface area (Å²) in [6.45, 7) is 8.39. The van der Waals surface area contributed by atoms with Gasteiger partial charge in [0.2, 0.25) is 0 Å². The fourth-order valence-corrected chi connectivity index (χ4v) is 1.85. The van der Waals surface area contributed by atoms with Crippen molar-refractivity contribution in [1.29, 1.82) is 0 Å². The van der Waals surface area contributed by atoms with Gasteiger partial charge in [-0.2, -0.15) is 0 Å². The second kappa shape index (κ2) is 4.31. The maximum atomic E-state index is 11.8. The molecular weight excluding hydrogens is 208 g/mol. The van der Waals surface area contributed by atoms with Crippen LogP contribution in [0.15, 0.2) is 0 Å². The average Bonchev–Trinajstić information content (AvgIpc) is 2.44. The van der Waals surface area contributed by atoms with Crippen molar-refractivity contribution in [3.63, 3.8) is 0 Å². The quantitative estimate of drug-likeness (QED) is 0.707. The van der Waals surface area contributed by atoms with Crippen LogP contribution in [0.5, 0.6) is 0 Å². The first-order chi connectivity index (χ1) is 7.20. The van der Waals surface area contributed by atoms with Crippen LogP contribution >= 0.6 is 0 Å². The molecule has 1 aliphatic rings. The van der Waals surface area contributed by atoms with E-state index in [0.29, 0.717) is 13.1 Å². The SMILES string of the molecule is CC1CN(C(=O)NC(C)(C)C)CC1C(=O)O. The lowest BCUT2D eigenvalue weighted by atomic mass is 9.99. The molecule has 0 aromatic rings. The molecule has 1 rings (SSSR count). The number of nitrogens with zero attached hydrogens (tertiary/aromatic N) is 1. The van der Waals surface area contributed by atoms with Gasteiger partial charge in [-0.25, -0.2) is 4.79 Å². The van der Waals surface area contributed by atoms with Crippen molar-refractivity contribution in [3.8, 4) is 0 Å². The minimum absolute atomic E-state index is 0.0169. The highest BCUT2D eigenvalue weighted by Gasteiger charge is 2.37. The Kier molecular flexibility index (Phi) is 3.45. The van der Waals surface area contributed by atoms with Crippen LogP contribution in [0.25, 0.3) is 0 Å². The Bertz CT molecular complexity index is 296. The number of hydrogen-bond donors (Lipinski definition) is 2. The van der Waals surface area contributed by atoms with Gasteiger partial charge in [0, 0.05) is 18.6 Å². The van der Waals surface area contributed by atoms with E-state index in [-0.39, 0.29) is 17.5 Å². The molecule has 16 heavy (non-hydrogen) atoms. The van der Waals surface area contributed by atoms with Crippen molar-refractivity contribution < 1.29 is 14.7 Å². The molecule has 1 saturated heterocycles. The van der Waals surface area contributed by atoms with Crippen molar-refractivity contribution in [3.05, 3.63) is 0 Å². The lowest BCUT2D eigenvalue weighted by Crippen LogP contribution is -2.48. The van der Waals surface area contributed by atoms with Crippen LogP contribution in [0.4, 0.5) is 4.79 Å². The Balaban J connectivity index is 2.58. The number of amides is 2. The van der Waals surface area contributed by atoms with Crippen LogP contribution in [0.3, 0.4) is 0 Å². The fourth-order valence-electron chi connectivity index (χ4n) is 1.85. The summed E-state index contributed by atoms with van der Waals surface area (Å²) < 4.78 is 0. The van der Waals surface area contributed by atoms with Crippen LogP contribution in [0.1, 0.15) is 27.7 Å². The molecule has 0 saturated carbocycles. The van der Waals surface area contributed by atoms with E-state index in [2.05, 4.69) is 5.32 Å². The molecule has 2 atom stereocenters. The Hall–Kier alpha value is -1.26. The third-order valence-electron chi connectivity index (χ3n) is 2.70. The van der Waals surface area contributed by atoms with E-state index in [1.54, 1.807) is 4.90 Å². The zero-order valence-corrected chi connectivity index (χ0v) is 10.3. The summed E-state index contributed by atoms with van der Waals surface area (Å²) in [5, 5.41) is 11.8. The zero-order valence-electron chi connectivity index (χ0n) is 10.3. The van der Waals surface area contributed by atoms with E-state index in [1.165, 1.54) is 0 Å². The summed E-state index contributed by atoms with van der Waals surface area (Å²) in [6.07, 6.45) is 0. The number of carbonyl (C=O) groups is 2. The molecule has 0 spiro atoms. The maximum absolute atomic E-state index is 11.8. The lowest BCUT2D eigenvalue weighted by molar-refractivity contribution is -0.142. The van der Waals surface area contributed by atoms with Gasteiger partial charge in [0.05, 0.1) is 5.92 Å². The maximum Gasteiger partial charge on any atom is 0.317 e. The van der Waals surface area contributed by atoms with Crippen molar-refractivity contribution in [2.24, 2.45) is 11.8 Å². The van der Waals surface area contributed by atoms with Gasteiger partial charge >= 0.3 is 12.0 Å². The molecular formula is C11H20N2O3. The number of aliphatic carboxylic acids is 1. The molecule has 5 nitrogen and oxygen atoms in total. The number of rotatable bonds is 1. The standard InChI is InChI=1S/C11H20N2O3/c1-7-5-13(6-8(7)9(14)15)10(16)12-11(2,3)4/h7-8H,5-6H2,1-4H3,(H,12,16)(H,14,15). The van der Waals surface area contributed by atoms with Gasteiger partial charge in [-0.3, -0.25) is 4.79 Å². The van der Waals surface area contributed by atoms with E-state index in [0.717, 1.165) is 0 Å². The number of carboxylic acids is 1. The Morgan fingerprint density at radius 3 is 2.25 bits per heavy atom. The second-order valence-electron chi connectivity index (χ2n) is 5.51. The monoisotopic (exact) mass is 228 g/mol. The normalized spacial score (nSPS) is 25.6. The summed E-state index contributed by atoms with van der Waals surface area (Å²) in [6, 6.07) is -0.178. The molecule has 1 fully saturated rings. The van der Waals surface area contributed by atoms with E-state index in [1.807, 2.05) is 27.7 Å². The number of nitrogens with one attached hydrogen (secondary N) is 1. The summed E-state index contributed by atoms with van der Waals surface area (Å²) >= 11 is 0. The summed E-state index contributed by atoms with van der Waals surface area (Å²) in [4.78, 5) is 24.3. The zero-order chi connectivity index (χ0) is 12.5. The minimum Gasteiger partial charge on any atom is -0.481 e. The van der Waals surface area contributed by atoms with E-state index < -0.39 is 11.9 Å². The molecule has 1 heterocycles. The fraction of sp³-hybridized carbons (Fsp3) is 0.818. The van der Waals surface area contributed by atoms with Gasteiger partial charge in [-0.1, -0.05) is 6.92 Å². The van der Waals surface area contributed by atoms with Crippen LogP contribution in [0, 0.1) is 11.8 Å². The highest BCUT2D eigenvalue weighted by Crippen LogP contribution is 2.23. The first-order valence-corrected chi connectivity index (χ1v) is 5.50. The van der Waals surface area contributed by atoms with Crippen molar-refractivity contribution in [2.45, 2.75) is 33.2 Å². The van der Waals surface area contributed by atoms with E-state index in [4.69, 9.17) is 5.11 Å². The average molecular weight is 228 g/mol. The molecule has 92 valence electrons. The van der Waals surface area contributed by atoms with Crippen LogP contribution in [-0.4, -0.2) is 40.6 Å². The van der Waals surface area contributed by atoms with Gasteiger partial charge in [0.15, 0.2) is 0 Å². The highest BCUT2D eigenvalue weighted by molar-refractivity contribution is 5.78. The number of carboxylic acid groups (broad SMARTS) is 1. The molecule has 2 N–H and O–H groups in total. The topological polar surface area (TPSA) is 69.6 Å². The number of carbonyl (C=O) groups excluding carboxylic acids is 1. The van der Waals surface area contributed by atoms with Gasteiger partial charge in [0.1, 0.15) is 0 Å². The molecule has 0 aromatic carbocycles. The largest absolute Gasteiger partial charge is 0.481 e. The van der Waals surface area contributed by atoms with Crippen molar-refractivity contribution in [1.82, 2.24) is 10.2 Å². The Labute approximate surface area is 95.8 Å². The lowest BCUT2D eigenvalue weighted by Gasteiger charge is -2.25. The third kappa shape index (κ3) is 3.12. The number of likely N-dealkylation sites (tertiary alicyclic amines) is 1. The molecule has 0 aliphatic carbocycles. The predicted octanol–water partition coefficient (Wildman–Crippen LogP) is 1.15. The number of hydrogen-bond acceptors (Lipinski definition) is 2. The van der Waals surface area contributed by atoms with Gasteiger partial charge < -0.3 is 15.3 Å². The molecule has 2 amide bonds. The summed E-state index contributed by atoms with van der Waals surface area (Å²) in [5.74, 6) is -1.24. The smallest absolute Gasteiger partial charge is 0.317 e. The predicted molar refractivity (Wildman–Crippen MR) is 60.1 cm³/mol. The highest BCUT2D eigenvalue weighted by atomic mass is 16.4. The summed E-state index contributed by atoms with van der Waals surface area (Å²) in [7, 11) is 0. The summed E-state index contributed by atoms with van der Waals surface area (Å²) in [5.41, 5.74) is -0.290. The molecule has 0 bridgehead atoms. The Morgan fingerprint density at radius 2 is 1.88 bits per heavy atom. The van der Waals surface area contributed by atoms with Gasteiger partial charge in [0.25, 0.3) is 0 Å². The second-order valence-corrected chi connectivity index (χ2v) is 5.51. The molecule has 1 aliphatic heterocycles. The molecule has 5 heteroatoms. The Morgan fingerprint density at radius 1 is 1.31 bits per heavy atom. The van der Waals surface area contributed by atoms with Crippen LogP contribution < -0.4 is 5.32 Å². The van der Waals surface area contributed by atoms with Gasteiger partial charge in [-0.05, 0) is 26.7 Å². The van der Waals surface area contributed by atoms with E-state index >= 15 is 0 Å². The minimum atomic E-state index is -0.821. The molecule has 0 aromatic heterocycles. The van der Waals surface area contributed by atoms with Gasteiger partial charge in [-0.15, -0.1) is 0 Å².